The molecular formula is C17H22N2O. The van der Waals surface area contributed by atoms with Crippen molar-refractivity contribution in [2.24, 2.45) is 11.1 Å². The number of amides is 1. The fourth-order valence-electron chi connectivity index (χ4n) is 2.64. The highest BCUT2D eigenvalue weighted by Gasteiger charge is 2.36. The van der Waals surface area contributed by atoms with Crippen molar-refractivity contribution in [1.29, 1.82) is 0 Å². The van der Waals surface area contributed by atoms with Crippen LogP contribution in [0.5, 0.6) is 0 Å². The number of nitrogens with two attached hydrogens (primary N) is 1. The third-order valence-corrected chi connectivity index (χ3v) is 4.08. The second-order valence-electron chi connectivity index (χ2n) is 5.76. The molecule has 3 N–H and O–H groups in total. The van der Waals surface area contributed by atoms with E-state index >= 15 is 0 Å². The average Bonchev–Trinajstić information content (AvgIpc) is 2.88. The van der Waals surface area contributed by atoms with Crippen molar-refractivity contribution in [3.8, 4) is 11.8 Å². The van der Waals surface area contributed by atoms with Gasteiger partial charge in [-0.3, -0.25) is 4.79 Å². The molecule has 0 atom stereocenters. The van der Waals surface area contributed by atoms with Gasteiger partial charge in [-0.2, -0.15) is 0 Å². The fraction of sp³-hybridized carbons (Fsp3) is 0.471. The van der Waals surface area contributed by atoms with E-state index < -0.39 is 0 Å². The number of benzene rings is 1. The largest absolute Gasteiger partial charge is 0.325 e. The van der Waals surface area contributed by atoms with E-state index in [1.165, 1.54) is 0 Å². The van der Waals surface area contributed by atoms with Crippen LogP contribution in [0, 0.1) is 24.2 Å². The van der Waals surface area contributed by atoms with E-state index in [-0.39, 0.29) is 11.3 Å². The van der Waals surface area contributed by atoms with Gasteiger partial charge in [-0.05, 0) is 37.5 Å². The minimum atomic E-state index is -0.217. The molecule has 1 saturated carbocycles. The summed E-state index contributed by atoms with van der Waals surface area (Å²) in [6.07, 6.45) is 4.24. The molecule has 2 rings (SSSR count). The van der Waals surface area contributed by atoms with Gasteiger partial charge in [0.2, 0.25) is 5.91 Å². The monoisotopic (exact) mass is 270 g/mol. The van der Waals surface area contributed by atoms with Gasteiger partial charge in [0, 0.05) is 16.7 Å². The van der Waals surface area contributed by atoms with Gasteiger partial charge in [-0.25, -0.2) is 0 Å². The van der Waals surface area contributed by atoms with Gasteiger partial charge in [0.1, 0.15) is 0 Å². The highest BCUT2D eigenvalue weighted by atomic mass is 16.2. The summed E-state index contributed by atoms with van der Waals surface area (Å²) in [5.74, 6) is 5.96. The summed E-state index contributed by atoms with van der Waals surface area (Å²) in [4.78, 5) is 12.4. The maximum Gasteiger partial charge on any atom is 0.230 e. The lowest BCUT2D eigenvalue weighted by Gasteiger charge is -2.23. The molecule has 0 unspecified atom stereocenters. The molecule has 3 nitrogen and oxygen atoms in total. The molecule has 0 saturated heterocycles. The Kier molecular flexibility index (Phi) is 4.46. The summed E-state index contributed by atoms with van der Waals surface area (Å²) >= 11 is 0. The Bertz CT molecular complexity index is 560. The molecule has 3 heteroatoms. The average molecular weight is 270 g/mol. The lowest BCUT2D eigenvalue weighted by molar-refractivity contribution is -0.124. The first-order chi connectivity index (χ1) is 9.55. The molecule has 0 aliphatic heterocycles. The topological polar surface area (TPSA) is 55.1 Å². The van der Waals surface area contributed by atoms with Gasteiger partial charge in [0.25, 0.3) is 0 Å². The van der Waals surface area contributed by atoms with Crippen molar-refractivity contribution in [2.45, 2.75) is 39.5 Å². The summed E-state index contributed by atoms with van der Waals surface area (Å²) in [6.45, 7) is 4.39. The predicted molar refractivity (Wildman–Crippen MR) is 82.3 cm³/mol. The minimum absolute atomic E-state index is 0.127. The molecular weight excluding hydrogens is 248 g/mol. The Morgan fingerprint density at radius 1 is 1.40 bits per heavy atom. The maximum absolute atomic E-state index is 12.4. The van der Waals surface area contributed by atoms with Crippen LogP contribution in [0.1, 0.15) is 43.7 Å². The summed E-state index contributed by atoms with van der Waals surface area (Å²) in [7, 11) is 0. The highest BCUT2D eigenvalue weighted by molar-refractivity contribution is 5.96. The van der Waals surface area contributed by atoms with E-state index in [0.29, 0.717) is 6.54 Å². The minimum Gasteiger partial charge on any atom is -0.325 e. The van der Waals surface area contributed by atoms with Crippen LogP contribution in [0.4, 0.5) is 5.69 Å². The van der Waals surface area contributed by atoms with E-state index in [4.69, 9.17) is 5.73 Å². The lowest BCUT2D eigenvalue weighted by Crippen LogP contribution is -2.31. The van der Waals surface area contributed by atoms with E-state index in [1.54, 1.807) is 0 Å². The number of nitrogens with one attached hydrogen (secondary N) is 1. The number of aryl methyl sites for hydroxylation is 1. The second-order valence-corrected chi connectivity index (χ2v) is 5.76. The number of rotatable bonds is 2. The van der Waals surface area contributed by atoms with Gasteiger partial charge in [0.15, 0.2) is 0 Å². The fourth-order valence-corrected chi connectivity index (χ4v) is 2.64. The number of hydrogen-bond donors (Lipinski definition) is 2. The molecule has 0 spiro atoms. The van der Waals surface area contributed by atoms with Crippen molar-refractivity contribution in [2.75, 3.05) is 11.9 Å². The van der Waals surface area contributed by atoms with E-state index in [0.717, 1.165) is 42.5 Å². The zero-order valence-electron chi connectivity index (χ0n) is 12.3. The van der Waals surface area contributed by atoms with Gasteiger partial charge in [-0.15, -0.1) is 0 Å². The standard InChI is InChI=1S/C17H22N2O/c1-13-7-8-14(6-5-11-18)12-15(13)19-16(20)17(2)9-3-4-10-17/h7-8,12H,3-4,9-11,18H2,1-2H3,(H,19,20). The first-order valence-electron chi connectivity index (χ1n) is 7.16. The van der Waals surface area contributed by atoms with Gasteiger partial charge in [-0.1, -0.05) is 37.7 Å². The van der Waals surface area contributed by atoms with Crippen LogP contribution >= 0.6 is 0 Å². The first-order valence-corrected chi connectivity index (χ1v) is 7.16. The predicted octanol–water partition coefficient (Wildman–Crippen LogP) is 2.82. The van der Waals surface area contributed by atoms with Crippen molar-refractivity contribution >= 4 is 11.6 Å². The van der Waals surface area contributed by atoms with Gasteiger partial charge < -0.3 is 11.1 Å². The molecule has 0 bridgehead atoms. The van der Waals surface area contributed by atoms with Crippen molar-refractivity contribution in [3.63, 3.8) is 0 Å². The molecule has 1 amide bonds. The molecule has 1 aliphatic rings. The van der Waals surface area contributed by atoms with Crippen LogP contribution in [-0.2, 0) is 4.79 Å². The SMILES string of the molecule is Cc1ccc(C#CCN)cc1NC(=O)C1(C)CCCC1. The summed E-state index contributed by atoms with van der Waals surface area (Å²) in [6, 6.07) is 5.85. The molecule has 1 fully saturated rings. The molecule has 1 aromatic rings. The number of hydrogen-bond acceptors (Lipinski definition) is 2. The van der Waals surface area contributed by atoms with Crippen molar-refractivity contribution in [3.05, 3.63) is 29.3 Å². The van der Waals surface area contributed by atoms with Crippen molar-refractivity contribution in [1.82, 2.24) is 0 Å². The Balaban J connectivity index is 2.18. The third kappa shape index (κ3) is 3.20. The van der Waals surface area contributed by atoms with Crippen LogP contribution < -0.4 is 11.1 Å². The zero-order chi connectivity index (χ0) is 14.6. The Morgan fingerprint density at radius 2 is 2.10 bits per heavy atom. The van der Waals surface area contributed by atoms with Crippen molar-refractivity contribution < 1.29 is 4.79 Å². The van der Waals surface area contributed by atoms with E-state index in [1.807, 2.05) is 25.1 Å². The zero-order valence-corrected chi connectivity index (χ0v) is 12.3. The van der Waals surface area contributed by atoms with Crippen LogP contribution in [0.3, 0.4) is 0 Å². The third-order valence-electron chi connectivity index (χ3n) is 4.08. The maximum atomic E-state index is 12.4. The molecule has 0 aromatic heterocycles. The molecule has 1 aliphatic carbocycles. The Morgan fingerprint density at radius 3 is 2.75 bits per heavy atom. The van der Waals surface area contributed by atoms with E-state index in [2.05, 4.69) is 24.1 Å². The Hall–Kier alpha value is -1.79. The summed E-state index contributed by atoms with van der Waals surface area (Å²) in [5.41, 5.74) is 7.95. The summed E-state index contributed by atoms with van der Waals surface area (Å²) < 4.78 is 0. The molecule has 20 heavy (non-hydrogen) atoms. The Labute approximate surface area is 120 Å². The van der Waals surface area contributed by atoms with Gasteiger partial charge >= 0.3 is 0 Å². The van der Waals surface area contributed by atoms with E-state index in [9.17, 15) is 4.79 Å². The molecule has 0 radical (unpaired) electrons. The summed E-state index contributed by atoms with van der Waals surface area (Å²) in [5, 5.41) is 3.07. The molecule has 106 valence electrons. The van der Waals surface area contributed by atoms with Crippen LogP contribution in [0.2, 0.25) is 0 Å². The van der Waals surface area contributed by atoms with Crippen LogP contribution in [-0.4, -0.2) is 12.5 Å². The quantitative estimate of drug-likeness (QED) is 0.812. The number of carbonyl (C=O) groups excluding carboxylic acids is 1. The number of anilines is 1. The lowest BCUT2D eigenvalue weighted by atomic mass is 9.87. The molecule has 1 aromatic carbocycles. The first kappa shape index (κ1) is 14.6. The number of carbonyl (C=O) groups is 1. The van der Waals surface area contributed by atoms with Gasteiger partial charge in [0.05, 0.1) is 6.54 Å². The second kappa shape index (κ2) is 6.11. The van der Waals surface area contributed by atoms with Crippen LogP contribution in [0.25, 0.3) is 0 Å². The highest BCUT2D eigenvalue weighted by Crippen LogP contribution is 2.38. The normalized spacial score (nSPS) is 16.4. The smallest absolute Gasteiger partial charge is 0.230 e. The molecule has 0 heterocycles. The van der Waals surface area contributed by atoms with Crippen LogP contribution in [0.15, 0.2) is 18.2 Å².